The third-order valence-corrected chi connectivity index (χ3v) is 1.99. The lowest BCUT2D eigenvalue weighted by Crippen LogP contribution is -1.93. The Morgan fingerprint density at radius 3 is 2.17 bits per heavy atom. The van der Waals surface area contributed by atoms with Gasteiger partial charge in [-0.1, -0.05) is 25.4 Å². The fraction of sp³-hybridized carbons (Fsp3) is 0.333. The van der Waals surface area contributed by atoms with Crippen LogP contribution in [0, 0.1) is 11.6 Å². The van der Waals surface area contributed by atoms with E-state index in [-0.39, 0.29) is 10.9 Å². The molecule has 1 rings (SSSR count). The van der Waals surface area contributed by atoms with Gasteiger partial charge in [0.15, 0.2) is 11.6 Å². The van der Waals surface area contributed by atoms with Crippen LogP contribution in [0.25, 0.3) is 0 Å². The monoisotopic (exact) mass is 190 g/mol. The first kappa shape index (κ1) is 9.46. The molecule has 1 aromatic carbocycles. The maximum Gasteiger partial charge on any atom is 0.160 e. The van der Waals surface area contributed by atoms with Crippen LogP contribution < -0.4 is 0 Å². The topological polar surface area (TPSA) is 0 Å². The molecule has 0 spiro atoms. The Balaban J connectivity index is 3.23. The Morgan fingerprint density at radius 1 is 1.17 bits per heavy atom. The first-order valence-electron chi connectivity index (χ1n) is 3.67. The molecule has 0 heterocycles. The molecule has 0 fully saturated rings. The highest BCUT2D eigenvalue weighted by Gasteiger charge is 2.10. The van der Waals surface area contributed by atoms with Gasteiger partial charge in [-0.3, -0.25) is 0 Å². The maximum absolute atomic E-state index is 12.7. The Bertz CT molecular complexity index is 295. The van der Waals surface area contributed by atoms with Crippen molar-refractivity contribution in [2.75, 3.05) is 0 Å². The summed E-state index contributed by atoms with van der Waals surface area (Å²) in [7, 11) is 0. The van der Waals surface area contributed by atoms with Gasteiger partial charge in [-0.15, -0.1) is 0 Å². The van der Waals surface area contributed by atoms with Crippen LogP contribution >= 0.6 is 11.6 Å². The molecule has 1 aromatic rings. The molecule has 0 bridgehead atoms. The summed E-state index contributed by atoms with van der Waals surface area (Å²) in [6, 6.07) is 2.15. The number of hydrogen-bond donors (Lipinski definition) is 0. The van der Waals surface area contributed by atoms with Gasteiger partial charge < -0.3 is 0 Å². The molecule has 0 aliphatic rings. The van der Waals surface area contributed by atoms with Crippen molar-refractivity contribution in [2.24, 2.45) is 0 Å². The minimum absolute atomic E-state index is 0.104. The van der Waals surface area contributed by atoms with Crippen LogP contribution in [-0.4, -0.2) is 0 Å². The molecule has 0 aromatic heterocycles. The average Bonchev–Trinajstić information content (AvgIpc) is 1.96. The second-order valence-corrected chi connectivity index (χ2v) is 3.35. The first-order valence-corrected chi connectivity index (χ1v) is 4.04. The highest BCUT2D eigenvalue weighted by atomic mass is 35.5. The van der Waals surface area contributed by atoms with E-state index in [0.29, 0.717) is 5.56 Å². The molecule has 0 N–H and O–H groups in total. The summed E-state index contributed by atoms with van der Waals surface area (Å²) in [5, 5.41) is 0.281. The van der Waals surface area contributed by atoms with Gasteiger partial charge in [0, 0.05) is 5.02 Å². The van der Waals surface area contributed by atoms with Gasteiger partial charge in [0.2, 0.25) is 0 Å². The second-order valence-electron chi connectivity index (χ2n) is 2.94. The number of hydrogen-bond acceptors (Lipinski definition) is 0. The van der Waals surface area contributed by atoms with Crippen LogP contribution in [0.1, 0.15) is 25.3 Å². The molecule has 0 radical (unpaired) electrons. The lowest BCUT2D eigenvalue weighted by Gasteiger charge is -2.07. The predicted molar refractivity (Wildman–Crippen MR) is 45.5 cm³/mol. The molecule has 66 valence electrons. The van der Waals surface area contributed by atoms with E-state index in [2.05, 4.69) is 0 Å². The van der Waals surface area contributed by atoms with E-state index in [9.17, 15) is 8.78 Å². The lowest BCUT2D eigenvalue weighted by atomic mass is 10.0. The summed E-state index contributed by atoms with van der Waals surface area (Å²) in [4.78, 5) is 0. The Kier molecular flexibility index (Phi) is 2.68. The number of rotatable bonds is 1. The van der Waals surface area contributed by atoms with Crippen molar-refractivity contribution in [3.8, 4) is 0 Å². The van der Waals surface area contributed by atoms with Crippen LogP contribution in [0.2, 0.25) is 5.02 Å². The third kappa shape index (κ3) is 1.75. The zero-order chi connectivity index (χ0) is 9.30. The summed E-state index contributed by atoms with van der Waals surface area (Å²) < 4.78 is 25.2. The molecule has 0 aliphatic carbocycles. The van der Waals surface area contributed by atoms with E-state index in [1.54, 1.807) is 0 Å². The van der Waals surface area contributed by atoms with Crippen LogP contribution in [-0.2, 0) is 0 Å². The minimum atomic E-state index is -0.899. The summed E-state index contributed by atoms with van der Waals surface area (Å²) in [6.07, 6.45) is 0. The molecule has 0 saturated carbocycles. The molecular weight excluding hydrogens is 182 g/mol. The quantitative estimate of drug-likeness (QED) is 0.592. The average molecular weight is 191 g/mol. The van der Waals surface area contributed by atoms with Crippen LogP contribution in [0.4, 0.5) is 8.78 Å². The Hall–Kier alpha value is -0.630. The summed E-state index contributed by atoms with van der Waals surface area (Å²) in [6.45, 7) is 3.75. The lowest BCUT2D eigenvalue weighted by molar-refractivity contribution is 0.506. The van der Waals surface area contributed by atoms with Crippen LogP contribution in [0.15, 0.2) is 12.1 Å². The molecule has 0 aliphatic heterocycles. The fourth-order valence-electron chi connectivity index (χ4n) is 0.980. The molecule has 0 saturated heterocycles. The van der Waals surface area contributed by atoms with Crippen molar-refractivity contribution in [3.63, 3.8) is 0 Å². The van der Waals surface area contributed by atoms with E-state index in [1.165, 1.54) is 0 Å². The summed E-state index contributed by atoms with van der Waals surface area (Å²) in [5.41, 5.74) is 0.635. The van der Waals surface area contributed by atoms with Crippen LogP contribution in [0.5, 0.6) is 0 Å². The number of benzene rings is 1. The first-order chi connectivity index (χ1) is 5.52. The van der Waals surface area contributed by atoms with Gasteiger partial charge >= 0.3 is 0 Å². The molecule has 12 heavy (non-hydrogen) atoms. The van der Waals surface area contributed by atoms with Gasteiger partial charge in [0.05, 0.1) is 0 Å². The minimum Gasteiger partial charge on any atom is -0.204 e. The van der Waals surface area contributed by atoms with Crippen molar-refractivity contribution in [2.45, 2.75) is 19.8 Å². The van der Waals surface area contributed by atoms with Crippen molar-refractivity contribution >= 4 is 11.6 Å². The Morgan fingerprint density at radius 2 is 1.67 bits per heavy atom. The number of halogens is 3. The fourth-order valence-corrected chi connectivity index (χ4v) is 1.35. The van der Waals surface area contributed by atoms with Gasteiger partial charge in [-0.25, -0.2) is 8.78 Å². The Labute approximate surface area is 75.2 Å². The maximum atomic E-state index is 12.7. The molecular formula is C9H9ClF2. The van der Waals surface area contributed by atoms with E-state index in [1.807, 2.05) is 13.8 Å². The van der Waals surface area contributed by atoms with Crippen molar-refractivity contribution in [1.29, 1.82) is 0 Å². The molecule has 3 heteroatoms. The van der Waals surface area contributed by atoms with Crippen LogP contribution in [0.3, 0.4) is 0 Å². The van der Waals surface area contributed by atoms with E-state index in [0.717, 1.165) is 12.1 Å². The van der Waals surface area contributed by atoms with Gasteiger partial charge in [0.25, 0.3) is 0 Å². The molecule has 0 amide bonds. The zero-order valence-electron chi connectivity index (χ0n) is 6.87. The molecule has 0 nitrogen and oxygen atoms in total. The van der Waals surface area contributed by atoms with Crippen molar-refractivity contribution in [1.82, 2.24) is 0 Å². The molecule has 0 atom stereocenters. The highest BCUT2D eigenvalue weighted by molar-refractivity contribution is 6.31. The van der Waals surface area contributed by atoms with E-state index >= 15 is 0 Å². The van der Waals surface area contributed by atoms with Gasteiger partial charge in [-0.05, 0) is 23.6 Å². The second kappa shape index (κ2) is 3.40. The van der Waals surface area contributed by atoms with E-state index in [4.69, 9.17) is 11.6 Å². The SMILES string of the molecule is CC(C)c1cc(F)c(F)cc1Cl. The smallest absolute Gasteiger partial charge is 0.160 e. The summed E-state index contributed by atoms with van der Waals surface area (Å²) >= 11 is 5.69. The largest absolute Gasteiger partial charge is 0.204 e. The van der Waals surface area contributed by atoms with Gasteiger partial charge in [-0.2, -0.15) is 0 Å². The third-order valence-electron chi connectivity index (χ3n) is 1.66. The summed E-state index contributed by atoms with van der Waals surface area (Å²) in [5.74, 6) is -1.64. The van der Waals surface area contributed by atoms with E-state index < -0.39 is 11.6 Å². The zero-order valence-corrected chi connectivity index (χ0v) is 7.62. The standard InChI is InChI=1S/C9H9ClF2/c1-5(2)6-3-8(11)9(12)4-7(6)10/h3-5H,1-2H3. The highest BCUT2D eigenvalue weighted by Crippen LogP contribution is 2.26. The van der Waals surface area contributed by atoms with Crippen molar-refractivity contribution in [3.05, 3.63) is 34.4 Å². The predicted octanol–water partition coefficient (Wildman–Crippen LogP) is 3.74. The molecule has 0 unspecified atom stereocenters. The normalized spacial score (nSPS) is 10.8. The van der Waals surface area contributed by atoms with Crippen molar-refractivity contribution < 1.29 is 8.78 Å². The van der Waals surface area contributed by atoms with Gasteiger partial charge in [0.1, 0.15) is 0 Å².